The molecule has 3 rings (SSSR count). The summed E-state index contributed by atoms with van der Waals surface area (Å²) in [6, 6.07) is 18.7. The first-order valence-corrected chi connectivity index (χ1v) is 7.49. The standard InChI is InChI=1S/C20H16O4/c1-13(21)24-18-12-17(20(22)23-2)19(14-8-4-3-5-9-14)16-11-7-6-10-15(16)18/h3-12H,1-2H3. The predicted molar refractivity (Wildman–Crippen MR) is 92.0 cm³/mol. The second kappa shape index (κ2) is 6.54. The fourth-order valence-electron chi connectivity index (χ4n) is 2.77. The molecule has 0 spiro atoms. The van der Waals surface area contributed by atoms with Gasteiger partial charge in [-0.25, -0.2) is 4.79 Å². The highest BCUT2D eigenvalue weighted by atomic mass is 16.5. The SMILES string of the molecule is COC(=O)c1cc(OC(C)=O)c2ccccc2c1-c1ccccc1. The van der Waals surface area contributed by atoms with Gasteiger partial charge in [0, 0.05) is 17.9 Å². The van der Waals surface area contributed by atoms with Gasteiger partial charge in [0.1, 0.15) is 5.75 Å². The van der Waals surface area contributed by atoms with Crippen LogP contribution in [0.1, 0.15) is 17.3 Å². The summed E-state index contributed by atoms with van der Waals surface area (Å²) in [5.41, 5.74) is 2.01. The highest BCUT2D eigenvalue weighted by Crippen LogP contribution is 2.38. The second-order valence-corrected chi connectivity index (χ2v) is 5.29. The van der Waals surface area contributed by atoms with E-state index in [1.54, 1.807) is 6.07 Å². The Morgan fingerprint density at radius 2 is 1.50 bits per heavy atom. The zero-order valence-electron chi connectivity index (χ0n) is 13.4. The molecule has 0 amide bonds. The quantitative estimate of drug-likeness (QED) is 0.535. The first kappa shape index (κ1) is 15.7. The van der Waals surface area contributed by atoms with Gasteiger partial charge in [0.05, 0.1) is 12.7 Å². The Bertz CT molecular complexity index is 914. The normalized spacial score (nSPS) is 10.4. The molecule has 0 heterocycles. The molecule has 3 aromatic carbocycles. The van der Waals surface area contributed by atoms with Crippen LogP contribution >= 0.6 is 0 Å². The van der Waals surface area contributed by atoms with E-state index in [0.29, 0.717) is 11.3 Å². The monoisotopic (exact) mass is 320 g/mol. The minimum Gasteiger partial charge on any atom is -0.465 e. The van der Waals surface area contributed by atoms with Crippen LogP contribution in [0, 0.1) is 0 Å². The van der Waals surface area contributed by atoms with E-state index in [1.807, 2.05) is 54.6 Å². The minimum absolute atomic E-state index is 0.346. The number of esters is 2. The van der Waals surface area contributed by atoms with Gasteiger partial charge in [0.25, 0.3) is 0 Å². The third-order valence-electron chi connectivity index (χ3n) is 3.73. The lowest BCUT2D eigenvalue weighted by Gasteiger charge is -2.15. The maximum Gasteiger partial charge on any atom is 0.338 e. The minimum atomic E-state index is -0.479. The average Bonchev–Trinajstić information content (AvgIpc) is 2.61. The summed E-state index contributed by atoms with van der Waals surface area (Å²) in [7, 11) is 1.33. The number of fused-ring (bicyclic) bond motifs is 1. The molecule has 0 aliphatic heterocycles. The molecule has 0 fully saturated rings. The van der Waals surface area contributed by atoms with Gasteiger partial charge in [-0.3, -0.25) is 4.79 Å². The number of methoxy groups -OCH3 is 1. The molecule has 0 aromatic heterocycles. The Morgan fingerprint density at radius 1 is 0.875 bits per heavy atom. The first-order chi connectivity index (χ1) is 11.6. The van der Waals surface area contributed by atoms with Crippen LogP contribution in [0.2, 0.25) is 0 Å². The third kappa shape index (κ3) is 2.86. The van der Waals surface area contributed by atoms with Crippen LogP contribution < -0.4 is 4.74 Å². The van der Waals surface area contributed by atoms with Gasteiger partial charge in [0.2, 0.25) is 0 Å². The fourth-order valence-corrected chi connectivity index (χ4v) is 2.77. The number of hydrogen-bond acceptors (Lipinski definition) is 4. The van der Waals surface area contributed by atoms with Gasteiger partial charge in [0.15, 0.2) is 0 Å². The van der Waals surface area contributed by atoms with Crippen molar-refractivity contribution in [3.8, 4) is 16.9 Å². The predicted octanol–water partition coefficient (Wildman–Crippen LogP) is 4.22. The lowest BCUT2D eigenvalue weighted by Crippen LogP contribution is -2.08. The van der Waals surface area contributed by atoms with Gasteiger partial charge in [-0.05, 0) is 17.0 Å². The molecular formula is C20H16O4. The van der Waals surface area contributed by atoms with Gasteiger partial charge in [-0.1, -0.05) is 54.6 Å². The number of ether oxygens (including phenoxy) is 2. The van der Waals surface area contributed by atoms with Crippen molar-refractivity contribution < 1.29 is 19.1 Å². The smallest absolute Gasteiger partial charge is 0.338 e. The van der Waals surface area contributed by atoms with E-state index >= 15 is 0 Å². The van der Waals surface area contributed by atoms with E-state index in [-0.39, 0.29) is 0 Å². The molecule has 0 aliphatic carbocycles. The highest BCUT2D eigenvalue weighted by molar-refractivity contribution is 6.10. The van der Waals surface area contributed by atoms with Gasteiger partial charge in [-0.15, -0.1) is 0 Å². The number of carbonyl (C=O) groups is 2. The molecule has 0 saturated carbocycles. The van der Waals surface area contributed by atoms with E-state index < -0.39 is 11.9 Å². The van der Waals surface area contributed by atoms with Gasteiger partial charge in [-0.2, -0.15) is 0 Å². The molecule has 24 heavy (non-hydrogen) atoms. The van der Waals surface area contributed by atoms with Gasteiger partial charge >= 0.3 is 11.9 Å². The molecule has 0 radical (unpaired) electrons. The Labute approximate surface area is 139 Å². The molecule has 3 aromatic rings. The van der Waals surface area contributed by atoms with Crippen molar-refractivity contribution in [3.63, 3.8) is 0 Å². The van der Waals surface area contributed by atoms with E-state index in [9.17, 15) is 9.59 Å². The number of benzene rings is 3. The average molecular weight is 320 g/mol. The molecule has 0 N–H and O–H groups in total. The molecule has 4 nitrogen and oxygen atoms in total. The van der Waals surface area contributed by atoms with Crippen LogP contribution in [-0.2, 0) is 9.53 Å². The number of hydrogen-bond donors (Lipinski definition) is 0. The largest absolute Gasteiger partial charge is 0.465 e. The molecule has 0 atom stereocenters. The maximum atomic E-state index is 12.3. The van der Waals surface area contributed by atoms with E-state index in [4.69, 9.17) is 9.47 Å². The Hall–Kier alpha value is -3.14. The number of rotatable bonds is 3. The summed E-state index contributed by atoms with van der Waals surface area (Å²) in [4.78, 5) is 23.8. The fraction of sp³-hybridized carbons (Fsp3) is 0.100. The van der Waals surface area contributed by atoms with Crippen molar-refractivity contribution in [2.75, 3.05) is 7.11 Å². The van der Waals surface area contributed by atoms with E-state index in [0.717, 1.165) is 21.9 Å². The summed E-state index contributed by atoms with van der Waals surface area (Å²) < 4.78 is 10.2. The topological polar surface area (TPSA) is 52.6 Å². The summed E-state index contributed by atoms with van der Waals surface area (Å²) in [5, 5.41) is 1.59. The van der Waals surface area contributed by atoms with Crippen molar-refractivity contribution in [3.05, 3.63) is 66.2 Å². The number of carbonyl (C=O) groups excluding carboxylic acids is 2. The second-order valence-electron chi connectivity index (χ2n) is 5.29. The first-order valence-electron chi connectivity index (χ1n) is 7.49. The van der Waals surface area contributed by atoms with Crippen molar-refractivity contribution >= 4 is 22.7 Å². The Kier molecular flexibility index (Phi) is 4.29. The van der Waals surface area contributed by atoms with Crippen molar-refractivity contribution in [1.29, 1.82) is 0 Å². The molecule has 0 aliphatic rings. The Balaban J connectivity index is 2.40. The maximum absolute atomic E-state index is 12.3. The van der Waals surface area contributed by atoms with Crippen molar-refractivity contribution in [2.45, 2.75) is 6.92 Å². The summed E-state index contributed by atoms with van der Waals surface area (Å²) in [5.74, 6) is -0.574. The lowest BCUT2D eigenvalue weighted by molar-refractivity contribution is -0.131. The van der Waals surface area contributed by atoms with Crippen LogP contribution in [0.25, 0.3) is 21.9 Å². The highest BCUT2D eigenvalue weighted by Gasteiger charge is 2.20. The Morgan fingerprint density at radius 3 is 2.12 bits per heavy atom. The molecule has 120 valence electrons. The third-order valence-corrected chi connectivity index (χ3v) is 3.73. The van der Waals surface area contributed by atoms with E-state index in [1.165, 1.54) is 14.0 Å². The van der Waals surface area contributed by atoms with Crippen LogP contribution in [0.3, 0.4) is 0 Å². The van der Waals surface area contributed by atoms with E-state index in [2.05, 4.69) is 0 Å². The lowest BCUT2D eigenvalue weighted by atomic mass is 9.92. The van der Waals surface area contributed by atoms with Gasteiger partial charge < -0.3 is 9.47 Å². The summed E-state index contributed by atoms with van der Waals surface area (Å²) in [6.45, 7) is 1.33. The summed E-state index contributed by atoms with van der Waals surface area (Å²) in [6.07, 6.45) is 0. The van der Waals surface area contributed by atoms with Crippen molar-refractivity contribution in [1.82, 2.24) is 0 Å². The molecular weight excluding hydrogens is 304 g/mol. The molecule has 0 bridgehead atoms. The molecule has 4 heteroatoms. The zero-order valence-corrected chi connectivity index (χ0v) is 13.4. The van der Waals surface area contributed by atoms with Crippen molar-refractivity contribution in [2.24, 2.45) is 0 Å². The zero-order chi connectivity index (χ0) is 17.1. The molecule has 0 unspecified atom stereocenters. The van der Waals surface area contributed by atoms with Crippen LogP contribution in [0.15, 0.2) is 60.7 Å². The van der Waals surface area contributed by atoms with Crippen LogP contribution in [0.5, 0.6) is 5.75 Å². The summed E-state index contributed by atoms with van der Waals surface area (Å²) >= 11 is 0. The molecule has 0 saturated heterocycles. The van der Waals surface area contributed by atoms with Crippen LogP contribution in [0.4, 0.5) is 0 Å². The van der Waals surface area contributed by atoms with Crippen LogP contribution in [-0.4, -0.2) is 19.0 Å².